The summed E-state index contributed by atoms with van der Waals surface area (Å²) in [6, 6.07) is 12.1. The molecular weight excluding hydrogens is 330 g/mol. The number of nitrogens with zero attached hydrogens (tertiary/aromatic N) is 1. The number of thiazole rings is 1. The molecule has 0 bridgehead atoms. The van der Waals surface area contributed by atoms with Gasteiger partial charge in [-0.05, 0) is 36.6 Å². The van der Waals surface area contributed by atoms with Gasteiger partial charge in [-0.25, -0.2) is 4.98 Å². The number of rotatable bonds is 3. The third-order valence-corrected chi connectivity index (χ3v) is 5.41. The van der Waals surface area contributed by atoms with Crippen LogP contribution >= 0.6 is 11.3 Å². The van der Waals surface area contributed by atoms with Gasteiger partial charge in [0.1, 0.15) is 10.7 Å². The molecule has 0 saturated carbocycles. The van der Waals surface area contributed by atoms with E-state index in [1.165, 1.54) is 11.3 Å². The summed E-state index contributed by atoms with van der Waals surface area (Å²) < 4.78 is 0. The second-order valence-electron chi connectivity index (χ2n) is 6.20. The van der Waals surface area contributed by atoms with Crippen molar-refractivity contribution in [2.24, 2.45) is 0 Å². The zero-order valence-corrected chi connectivity index (χ0v) is 14.2. The van der Waals surface area contributed by atoms with E-state index in [4.69, 9.17) is 0 Å². The van der Waals surface area contributed by atoms with Gasteiger partial charge in [-0.1, -0.05) is 30.4 Å². The SMILES string of the molecule is O=C(c1csc(-c2cc3ccccc3[nH]2)n1)c1cc2c([nH]1)CCC=C2. The lowest BCUT2D eigenvalue weighted by Crippen LogP contribution is -2.02. The van der Waals surface area contributed by atoms with Gasteiger partial charge < -0.3 is 9.97 Å². The lowest BCUT2D eigenvalue weighted by Gasteiger charge is -2.02. The zero-order chi connectivity index (χ0) is 16.8. The van der Waals surface area contributed by atoms with Crippen LogP contribution in [0.4, 0.5) is 0 Å². The van der Waals surface area contributed by atoms with Crippen LogP contribution in [0.25, 0.3) is 27.7 Å². The Balaban J connectivity index is 1.48. The van der Waals surface area contributed by atoms with E-state index in [-0.39, 0.29) is 5.78 Å². The van der Waals surface area contributed by atoms with Crippen LogP contribution in [-0.2, 0) is 6.42 Å². The lowest BCUT2D eigenvalue weighted by atomic mass is 10.1. The second kappa shape index (κ2) is 5.57. The van der Waals surface area contributed by atoms with Crippen molar-refractivity contribution in [3.05, 3.63) is 70.5 Å². The first-order valence-electron chi connectivity index (χ1n) is 8.25. The number of fused-ring (bicyclic) bond motifs is 2. The Kier molecular flexibility index (Phi) is 3.21. The van der Waals surface area contributed by atoms with Crippen molar-refractivity contribution in [3.8, 4) is 10.7 Å². The number of benzene rings is 1. The minimum Gasteiger partial charge on any atom is -0.355 e. The predicted molar refractivity (Wildman–Crippen MR) is 101 cm³/mol. The summed E-state index contributed by atoms with van der Waals surface area (Å²) in [6.07, 6.45) is 6.18. The van der Waals surface area contributed by atoms with E-state index in [2.05, 4.69) is 39.2 Å². The maximum atomic E-state index is 12.8. The Hall–Kier alpha value is -2.92. The molecule has 0 saturated heterocycles. The average Bonchev–Trinajstić information content (AvgIpc) is 3.36. The molecule has 1 aliphatic carbocycles. The first kappa shape index (κ1) is 14.4. The zero-order valence-electron chi connectivity index (χ0n) is 13.4. The number of carbonyl (C=O) groups is 1. The summed E-state index contributed by atoms with van der Waals surface area (Å²) in [5.74, 6) is -0.0542. The number of aryl methyl sites for hydroxylation is 1. The first-order valence-corrected chi connectivity index (χ1v) is 9.13. The Bertz CT molecular complexity index is 1100. The fourth-order valence-corrected chi connectivity index (χ4v) is 4.03. The van der Waals surface area contributed by atoms with Crippen molar-refractivity contribution < 1.29 is 4.79 Å². The number of hydrogen-bond donors (Lipinski definition) is 2. The minimum atomic E-state index is -0.0542. The van der Waals surface area contributed by atoms with E-state index in [0.29, 0.717) is 11.4 Å². The fourth-order valence-electron chi connectivity index (χ4n) is 3.26. The van der Waals surface area contributed by atoms with Gasteiger partial charge in [0.15, 0.2) is 0 Å². The third-order valence-electron chi connectivity index (χ3n) is 4.53. The van der Waals surface area contributed by atoms with E-state index < -0.39 is 0 Å². The molecule has 0 unspecified atom stereocenters. The highest BCUT2D eigenvalue weighted by Crippen LogP contribution is 2.28. The van der Waals surface area contributed by atoms with Gasteiger partial charge in [0.2, 0.25) is 5.78 Å². The molecule has 2 N–H and O–H groups in total. The molecule has 4 nitrogen and oxygen atoms in total. The molecule has 5 rings (SSSR count). The van der Waals surface area contributed by atoms with Crippen molar-refractivity contribution in [2.45, 2.75) is 12.8 Å². The van der Waals surface area contributed by atoms with Crippen LogP contribution in [0.15, 0.2) is 47.9 Å². The monoisotopic (exact) mass is 345 g/mol. The van der Waals surface area contributed by atoms with E-state index in [9.17, 15) is 4.79 Å². The molecular formula is C20H15N3OS. The highest BCUT2D eigenvalue weighted by atomic mass is 32.1. The van der Waals surface area contributed by atoms with Gasteiger partial charge in [-0.15, -0.1) is 11.3 Å². The molecule has 5 heteroatoms. The van der Waals surface area contributed by atoms with Crippen molar-refractivity contribution >= 4 is 34.1 Å². The number of aromatic nitrogens is 3. The molecule has 0 fully saturated rings. The third kappa shape index (κ3) is 2.44. The average molecular weight is 345 g/mol. The van der Waals surface area contributed by atoms with Crippen molar-refractivity contribution in [3.63, 3.8) is 0 Å². The molecule has 1 aliphatic rings. The van der Waals surface area contributed by atoms with Gasteiger partial charge in [-0.2, -0.15) is 0 Å². The maximum Gasteiger partial charge on any atom is 0.228 e. The standard InChI is InChI=1S/C20H15N3OS/c24-19(16-9-12-5-1-3-7-14(12)21-16)18-11-25-20(23-18)17-10-13-6-2-4-8-15(13)22-17/h1-2,4-6,8-11,21-22H,3,7H2. The number of H-pyrrole nitrogens is 2. The molecule has 25 heavy (non-hydrogen) atoms. The van der Waals surface area contributed by atoms with Crippen LogP contribution in [0.5, 0.6) is 0 Å². The molecule has 0 radical (unpaired) electrons. The molecule has 3 heterocycles. The summed E-state index contributed by atoms with van der Waals surface area (Å²) >= 11 is 1.48. The molecule has 0 amide bonds. The number of ketones is 1. The summed E-state index contributed by atoms with van der Waals surface area (Å²) in [6.45, 7) is 0. The number of carbonyl (C=O) groups excluding carboxylic acids is 1. The highest BCUT2D eigenvalue weighted by Gasteiger charge is 2.19. The number of nitrogens with one attached hydrogen (secondary N) is 2. The maximum absolute atomic E-state index is 12.8. The van der Waals surface area contributed by atoms with Gasteiger partial charge in [0.05, 0.1) is 11.4 Å². The number of aromatic amines is 2. The van der Waals surface area contributed by atoms with Gasteiger partial charge in [0.25, 0.3) is 0 Å². The van der Waals surface area contributed by atoms with Gasteiger partial charge in [-0.3, -0.25) is 4.79 Å². The van der Waals surface area contributed by atoms with Crippen LogP contribution in [0.1, 0.15) is 33.9 Å². The normalized spacial score (nSPS) is 13.3. The molecule has 0 spiro atoms. The molecule has 4 aromatic rings. The van der Waals surface area contributed by atoms with Crippen LogP contribution in [-0.4, -0.2) is 20.7 Å². The fraction of sp³-hybridized carbons (Fsp3) is 0.100. The Morgan fingerprint density at radius 2 is 2.08 bits per heavy atom. The minimum absolute atomic E-state index is 0.0542. The molecule has 122 valence electrons. The van der Waals surface area contributed by atoms with Crippen LogP contribution in [0.3, 0.4) is 0 Å². The van der Waals surface area contributed by atoms with Crippen LogP contribution in [0.2, 0.25) is 0 Å². The summed E-state index contributed by atoms with van der Waals surface area (Å²) in [5.41, 5.74) is 5.37. The Labute approximate surface area is 148 Å². The smallest absolute Gasteiger partial charge is 0.228 e. The lowest BCUT2D eigenvalue weighted by molar-refractivity contribution is 0.103. The summed E-state index contributed by atoms with van der Waals surface area (Å²) in [4.78, 5) is 23.9. The molecule has 0 atom stereocenters. The number of allylic oxidation sites excluding steroid dienone is 1. The van der Waals surface area contributed by atoms with Crippen molar-refractivity contribution in [1.29, 1.82) is 0 Å². The van der Waals surface area contributed by atoms with Crippen LogP contribution < -0.4 is 0 Å². The van der Waals surface area contributed by atoms with Crippen LogP contribution in [0, 0.1) is 0 Å². The Morgan fingerprint density at radius 1 is 1.16 bits per heavy atom. The van der Waals surface area contributed by atoms with E-state index in [1.54, 1.807) is 0 Å². The topological polar surface area (TPSA) is 61.5 Å². The summed E-state index contributed by atoms with van der Waals surface area (Å²) in [5, 5.41) is 3.80. The van der Waals surface area contributed by atoms with E-state index in [1.807, 2.05) is 29.6 Å². The summed E-state index contributed by atoms with van der Waals surface area (Å²) in [7, 11) is 0. The number of hydrogen-bond acceptors (Lipinski definition) is 3. The molecule has 0 aliphatic heterocycles. The quantitative estimate of drug-likeness (QED) is 0.523. The Morgan fingerprint density at radius 3 is 2.96 bits per heavy atom. The van der Waals surface area contributed by atoms with Crippen molar-refractivity contribution in [2.75, 3.05) is 0 Å². The predicted octanol–water partition coefficient (Wildman–Crippen LogP) is 4.81. The van der Waals surface area contributed by atoms with Gasteiger partial charge in [0, 0.05) is 22.0 Å². The highest BCUT2D eigenvalue weighted by molar-refractivity contribution is 7.13. The first-order chi connectivity index (χ1) is 12.3. The molecule has 1 aromatic carbocycles. The largest absolute Gasteiger partial charge is 0.355 e. The second-order valence-corrected chi connectivity index (χ2v) is 7.05. The molecule has 3 aromatic heterocycles. The number of para-hydroxylation sites is 1. The van der Waals surface area contributed by atoms with Gasteiger partial charge >= 0.3 is 0 Å². The van der Waals surface area contributed by atoms with Crippen molar-refractivity contribution in [1.82, 2.24) is 15.0 Å². The van der Waals surface area contributed by atoms with E-state index >= 15 is 0 Å². The van der Waals surface area contributed by atoms with E-state index in [0.717, 1.165) is 45.7 Å².